The van der Waals surface area contributed by atoms with E-state index in [9.17, 15) is 18.3 Å². The minimum atomic E-state index is -4.35. The number of alkyl halides is 3. The van der Waals surface area contributed by atoms with E-state index in [1.165, 1.54) is 12.1 Å². The molecule has 3 aromatic rings. The molecule has 0 radical (unpaired) electrons. The Hall–Kier alpha value is -3.36. The van der Waals surface area contributed by atoms with E-state index in [2.05, 4.69) is 22.0 Å². The maximum absolute atomic E-state index is 12.8. The van der Waals surface area contributed by atoms with Gasteiger partial charge < -0.3 is 19.5 Å². The Morgan fingerprint density at radius 3 is 2.44 bits per heavy atom. The largest absolute Gasteiger partial charge is 0.490 e. The summed E-state index contributed by atoms with van der Waals surface area (Å²) in [4.78, 5) is 6.93. The number of ether oxygens (including phenoxy) is 2. The first-order valence-corrected chi connectivity index (χ1v) is 13.3. The number of pyridine rings is 1. The zero-order chi connectivity index (χ0) is 27.6. The summed E-state index contributed by atoms with van der Waals surface area (Å²) in [5.74, 6) is 1.24. The summed E-state index contributed by atoms with van der Waals surface area (Å²) >= 11 is 0. The highest BCUT2D eigenvalue weighted by atomic mass is 19.4. The van der Waals surface area contributed by atoms with Crippen molar-refractivity contribution >= 4 is 5.57 Å². The third-order valence-corrected chi connectivity index (χ3v) is 7.33. The highest BCUT2D eigenvalue weighted by Gasteiger charge is 2.30. The van der Waals surface area contributed by atoms with Gasteiger partial charge in [0.25, 0.3) is 0 Å². The number of nitrogens with zero attached hydrogens (tertiary/aromatic N) is 2. The molecule has 2 aromatic carbocycles. The number of piperidine rings is 1. The molecule has 206 valence electrons. The van der Waals surface area contributed by atoms with Crippen molar-refractivity contribution in [2.24, 2.45) is 0 Å². The molecular formula is C31H33F3N2O3. The van der Waals surface area contributed by atoms with Crippen LogP contribution in [-0.2, 0) is 18.4 Å². The van der Waals surface area contributed by atoms with Gasteiger partial charge in [0, 0.05) is 37.0 Å². The molecule has 0 unspecified atom stereocenters. The average Bonchev–Trinajstić information content (AvgIpc) is 3.06. The molecule has 0 saturated carbocycles. The monoisotopic (exact) mass is 538 g/mol. The van der Waals surface area contributed by atoms with Crippen LogP contribution in [0.4, 0.5) is 13.2 Å². The first-order valence-electron chi connectivity index (χ1n) is 13.3. The molecule has 0 bridgehead atoms. The van der Waals surface area contributed by atoms with Crippen molar-refractivity contribution in [2.75, 3.05) is 19.6 Å². The number of aromatic nitrogens is 1. The van der Waals surface area contributed by atoms with Crippen molar-refractivity contribution in [3.63, 3.8) is 0 Å². The van der Waals surface area contributed by atoms with E-state index in [0.717, 1.165) is 84.7 Å². The number of hydrogen-bond donors (Lipinski definition) is 1. The van der Waals surface area contributed by atoms with Gasteiger partial charge in [-0.25, -0.2) is 0 Å². The van der Waals surface area contributed by atoms with Crippen LogP contribution >= 0.6 is 0 Å². The summed E-state index contributed by atoms with van der Waals surface area (Å²) in [5.41, 5.74) is 3.09. The smallest absolute Gasteiger partial charge is 0.416 e. The lowest BCUT2D eigenvalue weighted by atomic mass is 9.90. The Bertz CT molecular complexity index is 1320. The van der Waals surface area contributed by atoms with E-state index in [0.29, 0.717) is 12.4 Å². The Labute approximate surface area is 226 Å². The van der Waals surface area contributed by atoms with E-state index >= 15 is 0 Å². The van der Waals surface area contributed by atoms with Crippen LogP contribution in [0.15, 0.2) is 66.9 Å². The van der Waals surface area contributed by atoms with Gasteiger partial charge in [-0.2, -0.15) is 13.2 Å². The van der Waals surface area contributed by atoms with Gasteiger partial charge in [-0.05, 0) is 86.7 Å². The lowest BCUT2D eigenvalue weighted by Gasteiger charge is -2.32. The Morgan fingerprint density at radius 1 is 1.03 bits per heavy atom. The summed E-state index contributed by atoms with van der Waals surface area (Å²) in [6.45, 7) is 6.51. The van der Waals surface area contributed by atoms with Gasteiger partial charge in [-0.15, -0.1) is 0 Å². The Balaban J connectivity index is 1.24. The van der Waals surface area contributed by atoms with Crippen LogP contribution in [0.1, 0.15) is 61.1 Å². The second kappa shape index (κ2) is 11.0. The molecule has 1 aromatic heterocycles. The van der Waals surface area contributed by atoms with Gasteiger partial charge in [0.05, 0.1) is 16.9 Å². The molecule has 1 fully saturated rings. The van der Waals surface area contributed by atoms with Crippen LogP contribution < -0.4 is 9.47 Å². The van der Waals surface area contributed by atoms with Crippen molar-refractivity contribution in [1.29, 1.82) is 0 Å². The van der Waals surface area contributed by atoms with E-state index in [-0.39, 0.29) is 6.10 Å². The Morgan fingerprint density at radius 2 is 1.74 bits per heavy atom. The lowest BCUT2D eigenvalue weighted by Crippen LogP contribution is -2.38. The summed E-state index contributed by atoms with van der Waals surface area (Å²) in [5, 5.41) is 10.6. The molecule has 1 saturated heterocycles. The predicted octanol–water partition coefficient (Wildman–Crippen LogP) is 6.59. The van der Waals surface area contributed by atoms with Gasteiger partial charge >= 0.3 is 6.18 Å². The minimum absolute atomic E-state index is 0.0135. The highest BCUT2D eigenvalue weighted by Crippen LogP contribution is 2.38. The number of aliphatic hydroxyl groups is 1. The summed E-state index contributed by atoms with van der Waals surface area (Å²) in [6.07, 6.45) is 2.09. The van der Waals surface area contributed by atoms with E-state index < -0.39 is 17.3 Å². The normalized spacial score (nSPS) is 17.7. The van der Waals surface area contributed by atoms with Crippen molar-refractivity contribution in [3.8, 4) is 11.5 Å². The van der Waals surface area contributed by atoms with Gasteiger partial charge in [0.1, 0.15) is 24.2 Å². The van der Waals surface area contributed by atoms with Gasteiger partial charge in [-0.3, -0.25) is 4.98 Å². The molecule has 0 amide bonds. The SMILES string of the molecule is CC(C)(O)c1ccc2c(c1)/C(=C/CCN1CCC(Oc3ccc(C(F)(F)F)cc3)CC1)c1cccnc1CO2. The number of hydrogen-bond acceptors (Lipinski definition) is 5. The maximum Gasteiger partial charge on any atom is 0.416 e. The number of likely N-dealkylation sites (tertiary alicyclic amines) is 1. The van der Waals surface area contributed by atoms with E-state index in [1.807, 2.05) is 24.3 Å². The third kappa shape index (κ3) is 6.45. The topological polar surface area (TPSA) is 54.8 Å². The zero-order valence-corrected chi connectivity index (χ0v) is 22.2. The lowest BCUT2D eigenvalue weighted by molar-refractivity contribution is -0.137. The maximum atomic E-state index is 12.8. The van der Waals surface area contributed by atoms with Crippen LogP contribution in [0.25, 0.3) is 5.57 Å². The number of fused-ring (bicyclic) bond motifs is 2. The van der Waals surface area contributed by atoms with E-state index in [4.69, 9.17) is 9.47 Å². The summed E-state index contributed by atoms with van der Waals surface area (Å²) < 4.78 is 50.5. The van der Waals surface area contributed by atoms with E-state index in [1.54, 1.807) is 20.0 Å². The molecule has 0 atom stereocenters. The molecule has 5 nitrogen and oxygen atoms in total. The molecule has 3 heterocycles. The molecule has 1 N–H and O–H groups in total. The molecule has 5 rings (SSSR count). The predicted molar refractivity (Wildman–Crippen MR) is 143 cm³/mol. The van der Waals surface area contributed by atoms with Crippen molar-refractivity contribution in [3.05, 3.63) is 94.8 Å². The molecule has 2 aliphatic rings. The van der Waals surface area contributed by atoms with Gasteiger partial charge in [0.2, 0.25) is 0 Å². The van der Waals surface area contributed by atoms with Crippen LogP contribution in [0.5, 0.6) is 11.5 Å². The second-order valence-corrected chi connectivity index (χ2v) is 10.6. The molecule has 8 heteroatoms. The number of benzene rings is 2. The third-order valence-electron chi connectivity index (χ3n) is 7.33. The fourth-order valence-electron chi connectivity index (χ4n) is 5.11. The molecular weight excluding hydrogens is 505 g/mol. The highest BCUT2D eigenvalue weighted by molar-refractivity contribution is 5.84. The summed E-state index contributed by atoms with van der Waals surface area (Å²) in [6, 6.07) is 14.7. The minimum Gasteiger partial charge on any atom is -0.490 e. The fourth-order valence-corrected chi connectivity index (χ4v) is 5.11. The average molecular weight is 539 g/mol. The van der Waals surface area contributed by atoms with Crippen molar-refractivity contribution in [1.82, 2.24) is 9.88 Å². The molecule has 0 aliphatic carbocycles. The van der Waals surface area contributed by atoms with Crippen molar-refractivity contribution in [2.45, 2.75) is 57.6 Å². The second-order valence-electron chi connectivity index (χ2n) is 10.6. The standard InChI is InChI=1S/C31H33F3N2O3/c1-30(2,37)22-9-12-29-27(19-22)25(26-5-3-15-35-28(26)20-38-29)6-4-16-36-17-13-24(14-18-36)39-23-10-7-21(8-11-23)31(32,33)34/h3,5-12,15,19,24,37H,4,13-14,16-18,20H2,1-2H3/b25-6+. The van der Waals surface area contributed by atoms with Crippen LogP contribution in [0, 0.1) is 0 Å². The quantitative estimate of drug-likeness (QED) is 0.384. The fraction of sp³-hybridized carbons (Fsp3) is 0.387. The number of halogens is 3. The number of rotatable bonds is 6. The molecule has 39 heavy (non-hydrogen) atoms. The van der Waals surface area contributed by atoms with Gasteiger partial charge in [-0.1, -0.05) is 18.2 Å². The molecule has 0 spiro atoms. The zero-order valence-electron chi connectivity index (χ0n) is 22.2. The van der Waals surface area contributed by atoms with Crippen LogP contribution in [0.3, 0.4) is 0 Å². The van der Waals surface area contributed by atoms with Crippen molar-refractivity contribution < 1.29 is 27.8 Å². The van der Waals surface area contributed by atoms with Crippen LogP contribution in [0.2, 0.25) is 0 Å². The molecule has 2 aliphatic heterocycles. The first kappa shape index (κ1) is 27.2. The summed E-state index contributed by atoms with van der Waals surface area (Å²) in [7, 11) is 0. The van der Waals surface area contributed by atoms with Gasteiger partial charge in [0.15, 0.2) is 0 Å². The Kier molecular flexibility index (Phi) is 7.69. The van der Waals surface area contributed by atoms with Crippen LogP contribution in [-0.4, -0.2) is 40.7 Å². The first-order chi connectivity index (χ1) is 18.6.